The highest BCUT2D eigenvalue weighted by Crippen LogP contribution is 2.30. The molecule has 2 aliphatic heterocycles. The minimum absolute atomic E-state index is 0.0181. The van der Waals surface area contributed by atoms with Crippen LogP contribution in [0, 0.1) is 0 Å². The maximum atomic E-state index is 14.4. The lowest BCUT2D eigenvalue weighted by Gasteiger charge is -2.24. The van der Waals surface area contributed by atoms with Crippen LogP contribution in [0.5, 0.6) is 0 Å². The Bertz CT molecular complexity index is 1080. The van der Waals surface area contributed by atoms with E-state index >= 15 is 0 Å². The van der Waals surface area contributed by atoms with E-state index in [1.807, 2.05) is 0 Å². The number of hydrogen-bond acceptors (Lipinski definition) is 7. The molecule has 242 valence electrons. The number of unbranched alkanes of at least 4 members (excludes halogenated alkanes) is 11. The number of amides is 2. The molecule has 0 aromatic carbocycles. The molecule has 3 rings (SSSR count). The molecule has 1 aromatic heterocycles. The van der Waals surface area contributed by atoms with Gasteiger partial charge in [-0.1, -0.05) is 70.4 Å². The molecule has 0 bridgehead atoms. The lowest BCUT2D eigenvalue weighted by atomic mass is 10.1. The molecule has 1 aromatic rings. The van der Waals surface area contributed by atoms with Gasteiger partial charge in [-0.2, -0.15) is 4.98 Å². The largest absolute Gasteiger partial charge is 0.394 e. The summed E-state index contributed by atoms with van der Waals surface area (Å²) >= 11 is 0. The fourth-order valence-electron chi connectivity index (χ4n) is 5.79. The number of ether oxygens (including phenoxy) is 1. The van der Waals surface area contributed by atoms with Gasteiger partial charge in [-0.05, 0) is 51.0 Å². The highest BCUT2D eigenvalue weighted by molar-refractivity contribution is 5.96. The fraction of sp³-hybridized carbons (Fsp3) is 0.750. The predicted octanol–water partition coefficient (Wildman–Crippen LogP) is 4.80. The number of carbonyl (C=O) groups is 2. The van der Waals surface area contributed by atoms with E-state index in [1.165, 1.54) is 63.6 Å². The average Bonchev–Trinajstić information content (AvgIpc) is 3.60. The molecule has 0 aliphatic carbocycles. The first-order chi connectivity index (χ1) is 20.9. The third kappa shape index (κ3) is 10.8. The molecule has 0 spiro atoms. The molecule has 10 nitrogen and oxygen atoms in total. The number of aromatic nitrogens is 2. The zero-order valence-corrected chi connectivity index (χ0v) is 25.7. The number of carbonyl (C=O) groups excluding carboxylic acids is 2. The number of nitrogens with one attached hydrogen (secondary N) is 1. The van der Waals surface area contributed by atoms with E-state index in [9.17, 15) is 29.0 Å². The van der Waals surface area contributed by atoms with Crippen LogP contribution in [0.3, 0.4) is 0 Å². The maximum absolute atomic E-state index is 14.4. The van der Waals surface area contributed by atoms with Crippen molar-refractivity contribution in [3.05, 3.63) is 34.9 Å². The van der Waals surface area contributed by atoms with Crippen molar-refractivity contribution >= 4 is 17.6 Å². The van der Waals surface area contributed by atoms with Gasteiger partial charge in [0.2, 0.25) is 11.8 Å². The molecule has 2 fully saturated rings. The van der Waals surface area contributed by atoms with Crippen LogP contribution in [0.1, 0.15) is 116 Å². The molecule has 11 heteroatoms. The van der Waals surface area contributed by atoms with Crippen LogP contribution in [0.15, 0.2) is 29.2 Å². The zero-order chi connectivity index (χ0) is 31.0. The van der Waals surface area contributed by atoms with E-state index in [4.69, 9.17) is 4.74 Å². The monoisotopic (exact) mass is 606 g/mol. The van der Waals surface area contributed by atoms with Gasteiger partial charge in [0, 0.05) is 19.2 Å². The smallest absolute Gasteiger partial charge is 0.351 e. The quantitative estimate of drug-likeness (QED) is 0.152. The van der Waals surface area contributed by atoms with Gasteiger partial charge in [-0.3, -0.25) is 14.2 Å². The number of likely N-dealkylation sites (tertiary alicyclic amines) is 1. The third-order valence-corrected chi connectivity index (χ3v) is 8.36. The first-order valence-corrected chi connectivity index (χ1v) is 16.3. The average molecular weight is 607 g/mol. The van der Waals surface area contributed by atoms with Crippen molar-refractivity contribution in [2.45, 2.75) is 140 Å². The second kappa shape index (κ2) is 18.9. The Morgan fingerprint density at radius 2 is 1.72 bits per heavy atom. The lowest BCUT2D eigenvalue weighted by molar-refractivity contribution is -0.136. The first kappa shape index (κ1) is 34.9. The van der Waals surface area contributed by atoms with Crippen molar-refractivity contribution in [2.75, 3.05) is 18.5 Å². The van der Waals surface area contributed by atoms with E-state index in [1.54, 1.807) is 4.90 Å². The summed E-state index contributed by atoms with van der Waals surface area (Å²) in [6.45, 7) is 2.16. The molecule has 0 radical (unpaired) electrons. The van der Waals surface area contributed by atoms with Crippen LogP contribution in [-0.2, 0) is 14.3 Å². The molecule has 0 saturated carbocycles. The first-order valence-electron chi connectivity index (χ1n) is 16.3. The van der Waals surface area contributed by atoms with Gasteiger partial charge >= 0.3 is 5.69 Å². The van der Waals surface area contributed by atoms with E-state index < -0.39 is 48.9 Å². The van der Waals surface area contributed by atoms with Crippen LogP contribution in [-0.4, -0.2) is 74.1 Å². The Balaban J connectivity index is 1.32. The summed E-state index contributed by atoms with van der Waals surface area (Å²) in [5.41, 5.74) is -0.875. The van der Waals surface area contributed by atoms with Crippen molar-refractivity contribution in [2.24, 2.45) is 0 Å². The van der Waals surface area contributed by atoms with E-state index in [2.05, 4.69) is 29.4 Å². The maximum Gasteiger partial charge on any atom is 0.351 e. The van der Waals surface area contributed by atoms with Crippen LogP contribution in [0.2, 0.25) is 0 Å². The number of hydrogen-bond donors (Lipinski definition) is 3. The number of rotatable bonds is 19. The summed E-state index contributed by atoms with van der Waals surface area (Å²) in [6, 6.07) is 0.703. The molecular formula is C32H51FN4O6. The zero-order valence-electron chi connectivity index (χ0n) is 25.7. The SMILES string of the molecule is CCCCCCCC/C=C/CCCCCCCC(=O)N1CCCC1C(=O)Nc1ccn(C2OC(CO)C(O)C2F)c(=O)n1. The Morgan fingerprint density at radius 1 is 1.07 bits per heavy atom. The molecule has 2 aliphatic rings. The molecule has 5 unspecified atom stereocenters. The van der Waals surface area contributed by atoms with Crippen molar-refractivity contribution in [1.29, 1.82) is 0 Å². The minimum atomic E-state index is -1.92. The normalized spacial score (nSPS) is 23.8. The van der Waals surface area contributed by atoms with Crippen molar-refractivity contribution < 1.29 is 28.9 Å². The van der Waals surface area contributed by atoms with E-state index in [0.717, 1.165) is 43.1 Å². The summed E-state index contributed by atoms with van der Waals surface area (Å²) in [4.78, 5) is 43.8. The van der Waals surface area contributed by atoms with Gasteiger partial charge in [-0.15, -0.1) is 0 Å². The van der Waals surface area contributed by atoms with Crippen LogP contribution >= 0.6 is 0 Å². The summed E-state index contributed by atoms with van der Waals surface area (Å²) in [6.07, 6.45) is 16.9. The molecular weight excluding hydrogens is 555 g/mol. The highest BCUT2D eigenvalue weighted by atomic mass is 19.1. The van der Waals surface area contributed by atoms with Crippen molar-refractivity contribution in [1.82, 2.24) is 14.5 Å². The van der Waals surface area contributed by atoms with Gasteiger partial charge in [0.25, 0.3) is 0 Å². The van der Waals surface area contributed by atoms with Gasteiger partial charge < -0.3 is 25.2 Å². The second-order valence-electron chi connectivity index (χ2n) is 11.8. The molecule has 3 N–H and O–H groups in total. The van der Waals surface area contributed by atoms with Crippen molar-refractivity contribution in [3.8, 4) is 0 Å². The van der Waals surface area contributed by atoms with Crippen LogP contribution < -0.4 is 11.0 Å². The Morgan fingerprint density at radius 3 is 2.35 bits per heavy atom. The third-order valence-electron chi connectivity index (χ3n) is 8.36. The number of aliphatic hydroxyl groups is 2. The number of anilines is 1. The summed E-state index contributed by atoms with van der Waals surface area (Å²) in [5, 5.41) is 21.6. The van der Waals surface area contributed by atoms with Gasteiger partial charge in [-0.25, -0.2) is 9.18 Å². The highest BCUT2D eigenvalue weighted by Gasteiger charge is 2.45. The second-order valence-corrected chi connectivity index (χ2v) is 11.8. The van der Waals surface area contributed by atoms with E-state index in [-0.39, 0.29) is 11.7 Å². The van der Waals surface area contributed by atoms with Gasteiger partial charge in [0.1, 0.15) is 24.1 Å². The number of halogens is 1. The summed E-state index contributed by atoms with van der Waals surface area (Å²) in [5.74, 6) is -0.477. The van der Waals surface area contributed by atoms with E-state index in [0.29, 0.717) is 19.4 Å². The minimum Gasteiger partial charge on any atom is -0.394 e. The molecule has 2 amide bonds. The van der Waals surface area contributed by atoms with Crippen LogP contribution in [0.25, 0.3) is 0 Å². The molecule has 5 atom stereocenters. The summed E-state index contributed by atoms with van der Waals surface area (Å²) < 4.78 is 20.5. The number of aliphatic hydroxyl groups excluding tert-OH is 2. The fourth-order valence-corrected chi connectivity index (χ4v) is 5.79. The molecule has 43 heavy (non-hydrogen) atoms. The Kier molecular flexibility index (Phi) is 15.3. The molecule has 2 saturated heterocycles. The Labute approximate surface area is 254 Å². The number of nitrogens with zero attached hydrogens (tertiary/aromatic N) is 3. The van der Waals surface area contributed by atoms with Gasteiger partial charge in [0.05, 0.1) is 6.61 Å². The lowest BCUT2D eigenvalue weighted by Crippen LogP contribution is -2.43. The predicted molar refractivity (Wildman–Crippen MR) is 163 cm³/mol. The molecule has 3 heterocycles. The number of allylic oxidation sites excluding steroid dienone is 2. The van der Waals surface area contributed by atoms with Crippen molar-refractivity contribution in [3.63, 3.8) is 0 Å². The summed E-state index contributed by atoms with van der Waals surface area (Å²) in [7, 11) is 0. The van der Waals surface area contributed by atoms with Gasteiger partial charge in [0.15, 0.2) is 12.4 Å². The topological polar surface area (TPSA) is 134 Å². The number of alkyl halides is 1. The van der Waals surface area contributed by atoms with Crippen LogP contribution in [0.4, 0.5) is 10.2 Å². The Hall–Kier alpha value is -2.63. The standard InChI is InChI=1S/C32H51FN4O6/c1-2-3-4-5-6-7-8-9-10-11-12-13-14-15-16-19-27(39)36-21-17-18-24(36)30(41)34-26-20-22-37(32(42)35-26)31-28(33)29(40)25(23-38)43-31/h9-10,20,22,24-25,28-29,31,38,40H,2-8,11-19,21,23H2,1H3,(H,34,35,41,42)/b10-9+.